The number of nitrogens with one attached hydrogen (secondary N) is 1. The number of cyclic esters (lactones) is 1. The molecule has 0 atom stereocenters. The zero-order valence-electron chi connectivity index (χ0n) is 17.4. The highest BCUT2D eigenvalue weighted by atomic mass is 35.5. The molecular formula is C21H13ClF4N2O6S. The molecule has 4 rings (SSSR count). The van der Waals surface area contributed by atoms with E-state index in [2.05, 4.69) is 9.72 Å². The Morgan fingerprint density at radius 1 is 1.11 bits per heavy atom. The number of carbonyl (C=O) groups is 1. The number of esters is 1. The van der Waals surface area contributed by atoms with Crippen LogP contribution in [0.3, 0.4) is 0 Å². The van der Waals surface area contributed by atoms with E-state index in [0.29, 0.717) is 6.07 Å². The lowest BCUT2D eigenvalue weighted by molar-refractivity contribution is -0.0529. The normalized spacial score (nSPS) is 14.5. The maximum Gasteiger partial charge on any atom is 0.388 e. The molecule has 1 aliphatic heterocycles. The van der Waals surface area contributed by atoms with Gasteiger partial charge in [0.25, 0.3) is 10.0 Å². The van der Waals surface area contributed by atoms with Gasteiger partial charge >= 0.3 is 12.6 Å². The summed E-state index contributed by atoms with van der Waals surface area (Å²) in [5.41, 5.74) is -1.47. The molecule has 8 nitrogen and oxygen atoms in total. The molecule has 0 aliphatic carbocycles. The molecule has 2 heterocycles. The lowest BCUT2D eigenvalue weighted by Gasteiger charge is -2.15. The van der Waals surface area contributed by atoms with Gasteiger partial charge in [-0.3, -0.25) is 4.72 Å². The van der Waals surface area contributed by atoms with Crippen LogP contribution < -0.4 is 14.2 Å². The monoisotopic (exact) mass is 532 g/mol. The summed E-state index contributed by atoms with van der Waals surface area (Å²) < 4.78 is 97.3. The van der Waals surface area contributed by atoms with Crippen LogP contribution in [0.4, 0.5) is 23.2 Å². The Morgan fingerprint density at radius 2 is 1.86 bits per heavy atom. The standard InChI is InChI=1S/C21H13ClF4N2O6S/c1-32-19-13(22)2-9-3-17(19)35(30,31)28-16-5-11(14(23)6-15(16)24)12-7-27-18(34-21(25)26)4-10(12)8-33-20(9)29/h2-7,21,28H,8H2,1H3. The van der Waals surface area contributed by atoms with Crippen molar-refractivity contribution in [1.82, 2.24) is 4.98 Å². The van der Waals surface area contributed by atoms with Crippen molar-refractivity contribution in [1.29, 1.82) is 0 Å². The molecular weight excluding hydrogens is 520 g/mol. The van der Waals surface area contributed by atoms with Crippen LogP contribution in [-0.4, -0.2) is 33.1 Å². The minimum Gasteiger partial charge on any atom is -0.494 e. The molecule has 35 heavy (non-hydrogen) atoms. The fourth-order valence-electron chi connectivity index (χ4n) is 3.34. The van der Waals surface area contributed by atoms with Crippen molar-refractivity contribution in [3.63, 3.8) is 0 Å². The number of aromatic nitrogens is 1. The number of anilines is 1. The third-order valence-corrected chi connectivity index (χ3v) is 6.51. The first-order chi connectivity index (χ1) is 16.5. The van der Waals surface area contributed by atoms with E-state index in [-0.39, 0.29) is 33.0 Å². The third kappa shape index (κ3) is 4.82. The molecule has 0 fully saturated rings. The highest BCUT2D eigenvalue weighted by Gasteiger charge is 2.28. The van der Waals surface area contributed by atoms with Gasteiger partial charge in [-0.05, 0) is 18.2 Å². The highest BCUT2D eigenvalue weighted by molar-refractivity contribution is 7.92. The Balaban J connectivity index is 1.98. The molecule has 184 valence electrons. The van der Waals surface area contributed by atoms with Crippen LogP contribution >= 0.6 is 11.6 Å². The van der Waals surface area contributed by atoms with Crippen LogP contribution in [0.15, 0.2) is 41.4 Å². The summed E-state index contributed by atoms with van der Waals surface area (Å²) in [5.74, 6) is -4.33. The number of sulfonamides is 1. The summed E-state index contributed by atoms with van der Waals surface area (Å²) in [5, 5.41) is -0.269. The molecule has 1 aliphatic rings. The number of halogens is 5. The van der Waals surface area contributed by atoms with Crippen molar-refractivity contribution in [2.45, 2.75) is 18.1 Å². The number of nitrogens with zero attached hydrogens (tertiary/aromatic N) is 1. The average Bonchev–Trinajstić information content (AvgIpc) is 2.78. The molecule has 2 aromatic carbocycles. The first kappa shape index (κ1) is 24.5. The quantitative estimate of drug-likeness (QED) is 0.383. The molecule has 0 radical (unpaired) electrons. The molecule has 3 aromatic rings. The Labute approximate surface area is 200 Å². The smallest absolute Gasteiger partial charge is 0.388 e. The van der Waals surface area contributed by atoms with E-state index < -0.39 is 57.3 Å². The fourth-order valence-corrected chi connectivity index (χ4v) is 4.96. The molecule has 1 N–H and O–H groups in total. The summed E-state index contributed by atoms with van der Waals surface area (Å²) >= 11 is 6.09. The van der Waals surface area contributed by atoms with Crippen LogP contribution in [0.25, 0.3) is 11.1 Å². The highest BCUT2D eigenvalue weighted by Crippen LogP contribution is 2.37. The molecule has 0 saturated heterocycles. The molecule has 0 spiro atoms. The number of alkyl halides is 2. The molecule has 1 aromatic heterocycles. The van der Waals surface area contributed by atoms with E-state index in [9.17, 15) is 30.8 Å². The number of pyridine rings is 1. The number of benzene rings is 2. The second kappa shape index (κ2) is 9.23. The van der Waals surface area contributed by atoms with Crippen LogP contribution in [-0.2, 0) is 21.4 Å². The zero-order chi connectivity index (χ0) is 25.5. The predicted octanol–water partition coefficient (Wildman–Crippen LogP) is 4.76. The van der Waals surface area contributed by atoms with Gasteiger partial charge in [0.2, 0.25) is 5.88 Å². The number of hydrogen-bond acceptors (Lipinski definition) is 7. The van der Waals surface area contributed by atoms with Crippen LogP contribution in [0.2, 0.25) is 5.02 Å². The van der Waals surface area contributed by atoms with Gasteiger partial charge in [-0.25, -0.2) is 27.0 Å². The number of hydrogen-bond donors (Lipinski definition) is 1. The van der Waals surface area contributed by atoms with Crippen LogP contribution in [0.5, 0.6) is 11.6 Å². The SMILES string of the molecule is COc1c(Cl)cc2cc1S(=O)(=O)Nc1cc(c(F)cc1F)-c1cnc(OC(F)F)cc1COC2=O. The van der Waals surface area contributed by atoms with Crippen molar-refractivity contribution in [2.24, 2.45) is 0 Å². The molecule has 0 unspecified atom stereocenters. The second-order valence-corrected chi connectivity index (χ2v) is 9.10. The van der Waals surface area contributed by atoms with Gasteiger partial charge in [0.05, 0.1) is 23.4 Å². The Bertz CT molecular complexity index is 1450. The number of methoxy groups -OCH3 is 1. The minimum atomic E-state index is -4.63. The van der Waals surface area contributed by atoms with Crippen molar-refractivity contribution >= 4 is 33.3 Å². The Morgan fingerprint density at radius 3 is 2.54 bits per heavy atom. The van der Waals surface area contributed by atoms with E-state index in [0.717, 1.165) is 37.6 Å². The maximum absolute atomic E-state index is 14.7. The molecule has 0 saturated carbocycles. The molecule has 4 bridgehead atoms. The number of carbonyl (C=O) groups excluding carboxylic acids is 1. The first-order valence-corrected chi connectivity index (χ1v) is 11.4. The zero-order valence-corrected chi connectivity index (χ0v) is 19.0. The van der Waals surface area contributed by atoms with E-state index in [1.54, 1.807) is 0 Å². The van der Waals surface area contributed by atoms with E-state index >= 15 is 0 Å². The minimum absolute atomic E-state index is 0.0394. The first-order valence-electron chi connectivity index (χ1n) is 9.50. The Hall–Kier alpha value is -3.58. The summed E-state index contributed by atoms with van der Waals surface area (Å²) in [4.78, 5) is 15.7. The summed E-state index contributed by atoms with van der Waals surface area (Å²) in [6, 6.07) is 4.23. The summed E-state index contributed by atoms with van der Waals surface area (Å²) in [6.07, 6.45) is 0.940. The van der Waals surface area contributed by atoms with E-state index in [1.165, 1.54) is 0 Å². The lowest BCUT2D eigenvalue weighted by Crippen LogP contribution is -2.16. The fraction of sp³-hybridized carbons (Fsp3) is 0.143. The number of rotatable bonds is 3. The van der Waals surface area contributed by atoms with E-state index in [1.807, 2.05) is 4.72 Å². The van der Waals surface area contributed by atoms with Gasteiger partial charge in [-0.1, -0.05) is 11.6 Å². The van der Waals surface area contributed by atoms with Gasteiger partial charge in [-0.15, -0.1) is 0 Å². The van der Waals surface area contributed by atoms with Gasteiger partial charge in [0.1, 0.15) is 23.1 Å². The van der Waals surface area contributed by atoms with E-state index in [4.69, 9.17) is 21.1 Å². The number of fused-ring (bicyclic) bond motifs is 6. The average molecular weight is 533 g/mol. The number of ether oxygens (including phenoxy) is 3. The van der Waals surface area contributed by atoms with Gasteiger partial charge in [-0.2, -0.15) is 8.78 Å². The predicted molar refractivity (Wildman–Crippen MR) is 114 cm³/mol. The van der Waals surface area contributed by atoms with Crippen molar-refractivity contribution < 1.29 is 45.0 Å². The summed E-state index contributed by atoms with van der Waals surface area (Å²) in [7, 11) is -3.50. The van der Waals surface area contributed by atoms with Crippen LogP contribution in [0, 0.1) is 11.6 Å². The van der Waals surface area contributed by atoms with Gasteiger partial charge < -0.3 is 14.2 Å². The second-order valence-electron chi connectivity index (χ2n) is 7.04. The maximum atomic E-state index is 14.7. The topological polar surface area (TPSA) is 104 Å². The van der Waals surface area contributed by atoms with Crippen LogP contribution in [0.1, 0.15) is 15.9 Å². The largest absolute Gasteiger partial charge is 0.494 e. The third-order valence-electron chi connectivity index (χ3n) is 4.86. The van der Waals surface area contributed by atoms with Gasteiger partial charge in [0, 0.05) is 35.0 Å². The van der Waals surface area contributed by atoms with Crippen molar-refractivity contribution in [3.8, 4) is 22.8 Å². The van der Waals surface area contributed by atoms with Crippen molar-refractivity contribution in [2.75, 3.05) is 11.8 Å². The lowest BCUT2D eigenvalue weighted by atomic mass is 10.0. The Kier molecular flexibility index (Phi) is 6.47. The van der Waals surface area contributed by atoms with Gasteiger partial charge in [0.15, 0.2) is 5.75 Å². The summed E-state index contributed by atoms with van der Waals surface area (Å²) in [6.45, 7) is -3.82. The van der Waals surface area contributed by atoms with Crippen molar-refractivity contribution in [3.05, 3.63) is 64.3 Å². The molecule has 14 heteroatoms. The molecule has 0 amide bonds.